The fourth-order valence-electron chi connectivity index (χ4n) is 3.80. The van der Waals surface area contributed by atoms with Gasteiger partial charge in [-0.2, -0.15) is 17.8 Å². The number of nitrogens with one attached hydrogen (secondary N) is 1. The SMILES string of the molecule is Cn1cc(-c2ccc3c(c2)NS(=O)(=O)N(C2CCN(C(=O)OC(C)(C)C)C2)C3)cn1. The molecule has 2 aliphatic heterocycles. The molecule has 4 rings (SSSR count). The van der Waals surface area contributed by atoms with E-state index in [0.717, 1.165) is 16.7 Å². The zero-order valence-electron chi connectivity index (χ0n) is 17.6. The average molecular weight is 434 g/mol. The van der Waals surface area contributed by atoms with Gasteiger partial charge in [0.2, 0.25) is 0 Å². The van der Waals surface area contributed by atoms with Crippen molar-refractivity contribution in [2.45, 2.75) is 45.4 Å². The van der Waals surface area contributed by atoms with Crippen LogP contribution < -0.4 is 4.72 Å². The second kappa shape index (κ2) is 7.28. The van der Waals surface area contributed by atoms with Crippen molar-refractivity contribution in [3.8, 4) is 11.1 Å². The van der Waals surface area contributed by atoms with Crippen molar-refractivity contribution < 1.29 is 17.9 Å². The quantitative estimate of drug-likeness (QED) is 0.785. The molecule has 1 fully saturated rings. The lowest BCUT2D eigenvalue weighted by atomic mass is 10.0. The van der Waals surface area contributed by atoms with E-state index in [1.165, 1.54) is 4.31 Å². The van der Waals surface area contributed by atoms with E-state index >= 15 is 0 Å². The first-order chi connectivity index (χ1) is 14.0. The number of nitrogens with zero attached hydrogens (tertiary/aromatic N) is 4. The van der Waals surface area contributed by atoms with Crippen molar-refractivity contribution in [1.29, 1.82) is 0 Å². The molecule has 1 saturated heterocycles. The first-order valence-corrected chi connectivity index (χ1v) is 11.4. The highest BCUT2D eigenvalue weighted by Gasteiger charge is 2.40. The number of likely N-dealkylation sites (tertiary alicyclic amines) is 1. The maximum Gasteiger partial charge on any atom is 0.410 e. The second-order valence-electron chi connectivity index (χ2n) is 8.80. The van der Waals surface area contributed by atoms with Crippen LogP contribution >= 0.6 is 0 Å². The van der Waals surface area contributed by atoms with Crippen LogP contribution in [0.1, 0.15) is 32.8 Å². The zero-order valence-corrected chi connectivity index (χ0v) is 18.4. The molecule has 0 saturated carbocycles. The van der Waals surface area contributed by atoms with Crippen molar-refractivity contribution in [2.24, 2.45) is 7.05 Å². The number of carbonyl (C=O) groups excluding carboxylic acids is 1. The number of ether oxygens (including phenoxy) is 1. The Morgan fingerprint density at radius 3 is 2.70 bits per heavy atom. The molecule has 0 bridgehead atoms. The molecular formula is C20H27N5O4S. The minimum atomic E-state index is -3.71. The number of carbonyl (C=O) groups is 1. The van der Waals surface area contributed by atoms with Crippen LogP contribution in [0, 0.1) is 0 Å². The van der Waals surface area contributed by atoms with E-state index in [0.29, 0.717) is 25.2 Å². The molecule has 0 radical (unpaired) electrons. The number of benzene rings is 1. The van der Waals surface area contributed by atoms with Gasteiger partial charge in [-0.3, -0.25) is 9.40 Å². The molecule has 2 aliphatic rings. The predicted octanol–water partition coefficient (Wildman–Crippen LogP) is 2.57. The van der Waals surface area contributed by atoms with Crippen molar-refractivity contribution in [3.63, 3.8) is 0 Å². The molecule has 1 amide bonds. The number of aromatic nitrogens is 2. The van der Waals surface area contributed by atoms with Crippen LogP contribution in [0.25, 0.3) is 11.1 Å². The highest BCUT2D eigenvalue weighted by atomic mass is 32.2. The molecule has 1 aromatic carbocycles. The number of hydrogen-bond donors (Lipinski definition) is 1. The third kappa shape index (κ3) is 4.15. The van der Waals surface area contributed by atoms with E-state index in [9.17, 15) is 13.2 Å². The number of hydrogen-bond acceptors (Lipinski definition) is 5. The predicted molar refractivity (Wildman–Crippen MR) is 113 cm³/mol. The van der Waals surface area contributed by atoms with Crippen molar-refractivity contribution >= 4 is 22.0 Å². The van der Waals surface area contributed by atoms with Gasteiger partial charge in [0.05, 0.1) is 11.9 Å². The van der Waals surface area contributed by atoms with Crippen LogP contribution in [0.15, 0.2) is 30.6 Å². The van der Waals surface area contributed by atoms with E-state index in [1.54, 1.807) is 15.8 Å². The Bertz CT molecular complexity index is 1070. The number of fused-ring (bicyclic) bond motifs is 1. The van der Waals surface area contributed by atoms with Crippen LogP contribution in [-0.2, 0) is 28.5 Å². The summed E-state index contributed by atoms with van der Waals surface area (Å²) in [4.78, 5) is 13.9. The Hall–Kier alpha value is -2.59. The smallest absolute Gasteiger partial charge is 0.410 e. The minimum absolute atomic E-state index is 0.269. The van der Waals surface area contributed by atoms with E-state index in [4.69, 9.17) is 4.74 Å². The zero-order chi connectivity index (χ0) is 21.7. The van der Waals surface area contributed by atoms with Gasteiger partial charge in [-0.25, -0.2) is 4.79 Å². The Morgan fingerprint density at radius 1 is 1.27 bits per heavy atom. The summed E-state index contributed by atoms with van der Waals surface area (Å²) in [5.74, 6) is 0. The maximum atomic E-state index is 13.0. The molecule has 3 heterocycles. The molecule has 1 N–H and O–H groups in total. The average Bonchev–Trinajstić information content (AvgIpc) is 3.27. The monoisotopic (exact) mass is 433 g/mol. The molecule has 9 nitrogen and oxygen atoms in total. The third-order valence-corrected chi connectivity index (χ3v) is 6.77. The number of amides is 1. The van der Waals surface area contributed by atoms with Gasteiger partial charge in [0, 0.05) is 44.5 Å². The highest BCUT2D eigenvalue weighted by molar-refractivity contribution is 7.90. The Kier molecular flexibility index (Phi) is 5.01. The van der Waals surface area contributed by atoms with Gasteiger partial charge < -0.3 is 9.64 Å². The van der Waals surface area contributed by atoms with Crippen molar-refractivity contribution in [2.75, 3.05) is 17.8 Å². The fourth-order valence-corrected chi connectivity index (χ4v) is 5.26. The molecule has 1 aromatic heterocycles. The van der Waals surface area contributed by atoms with Crippen LogP contribution in [0.4, 0.5) is 10.5 Å². The summed E-state index contributed by atoms with van der Waals surface area (Å²) in [6, 6.07) is 5.45. The molecule has 162 valence electrons. The summed E-state index contributed by atoms with van der Waals surface area (Å²) in [6.45, 7) is 6.50. The first-order valence-electron chi connectivity index (χ1n) is 9.91. The lowest BCUT2D eigenvalue weighted by Crippen LogP contribution is -2.47. The van der Waals surface area contributed by atoms with E-state index in [1.807, 2.05) is 52.2 Å². The van der Waals surface area contributed by atoms with Crippen LogP contribution in [-0.4, -0.2) is 58.2 Å². The molecule has 1 unspecified atom stereocenters. The summed E-state index contributed by atoms with van der Waals surface area (Å²) in [7, 11) is -1.88. The number of rotatable bonds is 2. The lowest BCUT2D eigenvalue weighted by Gasteiger charge is -2.33. The molecule has 1 atom stereocenters. The van der Waals surface area contributed by atoms with E-state index in [-0.39, 0.29) is 12.6 Å². The van der Waals surface area contributed by atoms with Gasteiger partial charge in [0.25, 0.3) is 0 Å². The normalized spacial score (nSPS) is 21.2. The largest absolute Gasteiger partial charge is 0.444 e. The minimum Gasteiger partial charge on any atom is -0.444 e. The molecule has 0 spiro atoms. The van der Waals surface area contributed by atoms with Gasteiger partial charge in [0.1, 0.15) is 5.60 Å². The van der Waals surface area contributed by atoms with Crippen LogP contribution in [0.5, 0.6) is 0 Å². The topological polar surface area (TPSA) is 96.8 Å². The molecule has 10 heteroatoms. The molecule has 2 aromatic rings. The van der Waals surface area contributed by atoms with Gasteiger partial charge in [0.15, 0.2) is 0 Å². The van der Waals surface area contributed by atoms with Crippen LogP contribution in [0.2, 0.25) is 0 Å². The van der Waals surface area contributed by atoms with Crippen molar-refractivity contribution in [1.82, 2.24) is 19.0 Å². The summed E-state index contributed by atoms with van der Waals surface area (Å²) in [5.41, 5.74) is 2.71. The van der Waals surface area contributed by atoms with Gasteiger partial charge in [-0.1, -0.05) is 12.1 Å². The highest BCUT2D eigenvalue weighted by Crippen LogP contribution is 2.33. The summed E-state index contributed by atoms with van der Waals surface area (Å²) >= 11 is 0. The number of anilines is 1. The third-order valence-electron chi connectivity index (χ3n) is 5.24. The Labute approximate surface area is 176 Å². The molecule has 30 heavy (non-hydrogen) atoms. The maximum absolute atomic E-state index is 13.0. The van der Waals surface area contributed by atoms with E-state index < -0.39 is 21.9 Å². The Balaban J connectivity index is 1.52. The van der Waals surface area contributed by atoms with Crippen LogP contribution in [0.3, 0.4) is 0 Å². The summed E-state index contributed by atoms with van der Waals surface area (Å²) in [6.07, 6.45) is 3.79. The standard InChI is InChI=1S/C20H27N5O4S/c1-20(2,3)29-19(26)24-8-7-17(13-24)25-12-15-6-5-14(16-10-21-23(4)11-16)9-18(15)22-30(25,27)28/h5-6,9-11,17,22H,7-8,12-13H2,1-4H3. The van der Waals surface area contributed by atoms with E-state index in [2.05, 4.69) is 9.82 Å². The molecular weight excluding hydrogens is 406 g/mol. The summed E-state index contributed by atoms with van der Waals surface area (Å²) in [5, 5.41) is 4.17. The van der Waals surface area contributed by atoms with Gasteiger partial charge >= 0.3 is 16.3 Å². The summed E-state index contributed by atoms with van der Waals surface area (Å²) < 4.78 is 37.2. The van der Waals surface area contributed by atoms with Gasteiger partial charge in [-0.05, 0) is 44.4 Å². The van der Waals surface area contributed by atoms with Gasteiger partial charge in [-0.15, -0.1) is 0 Å². The number of aryl methyl sites for hydroxylation is 1. The molecule has 0 aliphatic carbocycles. The second-order valence-corrected chi connectivity index (χ2v) is 10.4. The first kappa shape index (κ1) is 20.7. The lowest BCUT2D eigenvalue weighted by molar-refractivity contribution is 0.0286. The van der Waals surface area contributed by atoms with Crippen molar-refractivity contribution in [3.05, 3.63) is 36.2 Å². The Morgan fingerprint density at radius 2 is 2.03 bits per heavy atom. The fraction of sp³-hybridized carbons (Fsp3) is 0.500.